The Balaban J connectivity index is 1.87. The number of hydrogen-bond donors (Lipinski definition) is 4. The van der Waals surface area contributed by atoms with Crippen LogP contribution in [0.15, 0.2) is 27.8 Å². The molecule has 162 valence electrons. The Morgan fingerprint density at radius 2 is 2.10 bits per heavy atom. The van der Waals surface area contributed by atoms with Crippen LogP contribution in [0, 0.1) is 0 Å². The van der Waals surface area contributed by atoms with Gasteiger partial charge in [0.2, 0.25) is 5.95 Å². The third-order valence-electron chi connectivity index (χ3n) is 4.34. The van der Waals surface area contributed by atoms with Crippen LogP contribution in [0.3, 0.4) is 0 Å². The maximum atomic E-state index is 12.4. The van der Waals surface area contributed by atoms with Crippen molar-refractivity contribution in [3.8, 4) is 5.75 Å². The van der Waals surface area contributed by atoms with Gasteiger partial charge < -0.3 is 24.8 Å². The van der Waals surface area contributed by atoms with Crippen molar-refractivity contribution in [2.45, 2.75) is 19.1 Å². The summed E-state index contributed by atoms with van der Waals surface area (Å²) in [5.74, 6) is 0.644. The number of nitrogens with one attached hydrogen (secondary N) is 2. The number of benzene rings is 1. The molecule has 30 heavy (non-hydrogen) atoms. The molecule has 0 bridgehead atoms. The average molecular weight is 458 g/mol. The number of aliphatic hydroxyl groups is 2. The minimum atomic E-state index is -1.02. The highest BCUT2D eigenvalue weighted by atomic mass is 35.5. The summed E-state index contributed by atoms with van der Waals surface area (Å²) in [7, 11) is 1.48. The molecule has 0 spiro atoms. The Morgan fingerprint density at radius 1 is 1.33 bits per heavy atom. The standard InChI is InChI=1S/C18H21Cl2N5O5/c1-24-15-14(16(28)23-18(24)29)25(17(22-15)21-5-2-6-26)8-11(27)9-30-13-4-3-10(19)7-12(13)20/h3-4,7,11,26-27H,2,5-6,8-9H2,1H3,(H,21,22)(H,23,28,29)/t11-/m1/s1. The summed E-state index contributed by atoms with van der Waals surface area (Å²) in [4.78, 5) is 30.9. The Bertz CT molecular complexity index is 1160. The monoisotopic (exact) mass is 457 g/mol. The van der Waals surface area contributed by atoms with E-state index in [1.807, 2.05) is 0 Å². The summed E-state index contributed by atoms with van der Waals surface area (Å²) in [5, 5.41) is 23.3. The Hall–Kier alpha value is -2.53. The molecule has 0 aliphatic carbocycles. The number of halogens is 2. The number of fused-ring (bicyclic) bond motifs is 1. The molecule has 2 aromatic heterocycles. The lowest BCUT2D eigenvalue weighted by Crippen LogP contribution is -2.31. The Labute approximate surface area is 180 Å². The van der Waals surface area contributed by atoms with Gasteiger partial charge in [0.15, 0.2) is 11.2 Å². The lowest BCUT2D eigenvalue weighted by Gasteiger charge is -2.16. The number of ether oxygens (including phenoxy) is 1. The van der Waals surface area contributed by atoms with Gasteiger partial charge in [-0.1, -0.05) is 23.2 Å². The largest absolute Gasteiger partial charge is 0.489 e. The van der Waals surface area contributed by atoms with Crippen LogP contribution in [0.5, 0.6) is 5.75 Å². The summed E-state index contributed by atoms with van der Waals surface area (Å²) in [5.41, 5.74) is -0.915. The summed E-state index contributed by atoms with van der Waals surface area (Å²) in [6.45, 7) is 0.217. The number of aliphatic hydroxyl groups excluding tert-OH is 2. The minimum absolute atomic E-state index is 0.0232. The molecule has 10 nitrogen and oxygen atoms in total. The van der Waals surface area contributed by atoms with Gasteiger partial charge in [-0.25, -0.2) is 4.79 Å². The van der Waals surface area contributed by atoms with Gasteiger partial charge in [-0.3, -0.25) is 14.3 Å². The van der Waals surface area contributed by atoms with Crippen LogP contribution < -0.4 is 21.3 Å². The Morgan fingerprint density at radius 3 is 2.80 bits per heavy atom. The second-order valence-corrected chi connectivity index (χ2v) is 7.42. The SMILES string of the molecule is Cn1c(=O)[nH]c(=O)c2c1nc(NCCCO)n2C[C@@H](O)COc1ccc(Cl)cc1Cl. The zero-order valence-electron chi connectivity index (χ0n) is 16.1. The van der Waals surface area contributed by atoms with Crippen LogP contribution in [0.1, 0.15) is 6.42 Å². The van der Waals surface area contributed by atoms with Crippen LogP contribution >= 0.6 is 23.2 Å². The molecule has 4 N–H and O–H groups in total. The van der Waals surface area contributed by atoms with Gasteiger partial charge in [0.05, 0.1) is 11.6 Å². The fourth-order valence-corrected chi connectivity index (χ4v) is 3.33. The third-order valence-corrected chi connectivity index (χ3v) is 4.87. The number of aromatic nitrogens is 4. The lowest BCUT2D eigenvalue weighted by molar-refractivity contribution is 0.0939. The lowest BCUT2D eigenvalue weighted by atomic mass is 10.3. The number of nitrogens with zero attached hydrogens (tertiary/aromatic N) is 3. The molecule has 1 aromatic carbocycles. The van der Waals surface area contributed by atoms with E-state index in [-0.39, 0.29) is 36.9 Å². The molecule has 2 heterocycles. The molecule has 0 aliphatic rings. The highest BCUT2D eigenvalue weighted by molar-refractivity contribution is 6.35. The first-order chi connectivity index (χ1) is 14.3. The summed E-state index contributed by atoms with van der Waals surface area (Å²) in [6, 6.07) is 4.73. The van der Waals surface area contributed by atoms with Crippen molar-refractivity contribution in [1.29, 1.82) is 0 Å². The smallest absolute Gasteiger partial charge is 0.329 e. The number of rotatable bonds is 9. The molecule has 3 aromatic rings. The molecule has 12 heteroatoms. The van der Waals surface area contributed by atoms with Crippen molar-refractivity contribution in [3.05, 3.63) is 49.1 Å². The molecule has 0 saturated carbocycles. The Kier molecular flexibility index (Phi) is 7.03. The normalized spacial score (nSPS) is 12.3. The van der Waals surface area contributed by atoms with Crippen molar-refractivity contribution in [3.63, 3.8) is 0 Å². The van der Waals surface area contributed by atoms with E-state index in [2.05, 4.69) is 15.3 Å². The molecular formula is C18H21Cl2N5O5. The van der Waals surface area contributed by atoms with Crippen LogP contribution in [0.25, 0.3) is 11.2 Å². The van der Waals surface area contributed by atoms with Gasteiger partial charge in [-0.05, 0) is 24.6 Å². The van der Waals surface area contributed by atoms with Crippen LogP contribution in [0.4, 0.5) is 5.95 Å². The van der Waals surface area contributed by atoms with E-state index < -0.39 is 17.4 Å². The van der Waals surface area contributed by atoms with Crippen LogP contribution in [-0.4, -0.2) is 55.2 Å². The van der Waals surface area contributed by atoms with E-state index in [1.54, 1.807) is 12.1 Å². The first-order valence-corrected chi connectivity index (χ1v) is 9.87. The number of aryl methyl sites for hydroxylation is 1. The van der Waals surface area contributed by atoms with E-state index in [0.717, 1.165) is 0 Å². The predicted octanol–water partition coefficient (Wildman–Crippen LogP) is 0.964. The van der Waals surface area contributed by atoms with E-state index in [4.69, 9.17) is 33.0 Å². The minimum Gasteiger partial charge on any atom is -0.489 e. The zero-order valence-corrected chi connectivity index (χ0v) is 17.6. The van der Waals surface area contributed by atoms with Gasteiger partial charge in [-0.2, -0.15) is 4.98 Å². The number of aromatic amines is 1. The molecule has 0 saturated heterocycles. The highest BCUT2D eigenvalue weighted by Gasteiger charge is 2.20. The van der Waals surface area contributed by atoms with Crippen molar-refractivity contribution < 1.29 is 14.9 Å². The van der Waals surface area contributed by atoms with Gasteiger partial charge in [0.25, 0.3) is 5.56 Å². The van der Waals surface area contributed by atoms with Gasteiger partial charge in [0.1, 0.15) is 18.5 Å². The van der Waals surface area contributed by atoms with E-state index in [9.17, 15) is 14.7 Å². The number of H-pyrrole nitrogens is 1. The third kappa shape index (κ3) is 4.78. The van der Waals surface area contributed by atoms with Gasteiger partial charge in [0, 0.05) is 25.2 Å². The predicted molar refractivity (Wildman–Crippen MR) is 114 cm³/mol. The molecule has 0 unspecified atom stereocenters. The molecule has 0 aliphatic heterocycles. The molecular weight excluding hydrogens is 437 g/mol. The zero-order chi connectivity index (χ0) is 21.8. The summed E-state index contributed by atoms with van der Waals surface area (Å²) >= 11 is 11.9. The maximum absolute atomic E-state index is 12.4. The second-order valence-electron chi connectivity index (χ2n) is 6.58. The maximum Gasteiger partial charge on any atom is 0.329 e. The van der Waals surface area contributed by atoms with Crippen molar-refractivity contribution in [2.75, 3.05) is 25.1 Å². The first kappa shape index (κ1) is 22.2. The highest BCUT2D eigenvalue weighted by Crippen LogP contribution is 2.27. The second kappa shape index (κ2) is 9.52. The van der Waals surface area contributed by atoms with Crippen molar-refractivity contribution in [2.24, 2.45) is 7.05 Å². The molecule has 0 radical (unpaired) electrons. The summed E-state index contributed by atoms with van der Waals surface area (Å²) < 4.78 is 8.24. The van der Waals surface area contributed by atoms with Crippen LogP contribution in [0.2, 0.25) is 10.0 Å². The van der Waals surface area contributed by atoms with E-state index in [0.29, 0.717) is 28.8 Å². The fraction of sp³-hybridized carbons (Fsp3) is 0.389. The fourth-order valence-electron chi connectivity index (χ4n) is 2.87. The molecule has 1 atom stereocenters. The van der Waals surface area contributed by atoms with Crippen molar-refractivity contribution in [1.82, 2.24) is 19.1 Å². The number of anilines is 1. The number of imidazole rings is 1. The molecule has 0 fully saturated rings. The topological polar surface area (TPSA) is 134 Å². The number of hydrogen-bond acceptors (Lipinski definition) is 7. The van der Waals surface area contributed by atoms with Crippen molar-refractivity contribution >= 4 is 40.3 Å². The summed E-state index contributed by atoms with van der Waals surface area (Å²) in [6.07, 6.45) is -0.566. The average Bonchev–Trinajstić information content (AvgIpc) is 3.04. The van der Waals surface area contributed by atoms with Crippen LogP contribution in [-0.2, 0) is 13.6 Å². The van der Waals surface area contributed by atoms with E-state index in [1.165, 1.54) is 22.2 Å². The molecule has 3 rings (SSSR count). The van der Waals surface area contributed by atoms with Gasteiger partial charge >= 0.3 is 5.69 Å². The van der Waals surface area contributed by atoms with E-state index >= 15 is 0 Å². The van der Waals surface area contributed by atoms with Gasteiger partial charge in [-0.15, -0.1) is 0 Å². The molecule has 0 amide bonds. The first-order valence-electron chi connectivity index (χ1n) is 9.12. The quantitative estimate of drug-likeness (QED) is 0.351.